The van der Waals surface area contributed by atoms with E-state index < -0.39 is 0 Å². The summed E-state index contributed by atoms with van der Waals surface area (Å²) in [4.78, 5) is 26.1. The number of amides is 1. The predicted molar refractivity (Wildman–Crippen MR) is 85.0 cm³/mol. The van der Waals surface area contributed by atoms with E-state index in [-0.39, 0.29) is 23.5 Å². The highest BCUT2D eigenvalue weighted by Crippen LogP contribution is 2.25. The van der Waals surface area contributed by atoms with Crippen LogP contribution in [0.5, 0.6) is 0 Å². The molecule has 2 aromatic heterocycles. The second-order valence-corrected chi connectivity index (χ2v) is 6.12. The summed E-state index contributed by atoms with van der Waals surface area (Å²) < 4.78 is 13.3. The number of likely N-dealkylation sites (tertiary alicyclic amines) is 1. The van der Waals surface area contributed by atoms with E-state index in [4.69, 9.17) is 0 Å². The molecule has 1 atom stereocenters. The molecule has 124 valence electrons. The molecule has 0 bridgehead atoms. The monoisotopic (exact) mass is 328 g/mol. The predicted octanol–water partition coefficient (Wildman–Crippen LogP) is 2.15. The van der Waals surface area contributed by atoms with Crippen LogP contribution in [0.25, 0.3) is 11.0 Å². The number of hydrogen-bond donors (Lipinski definition) is 2. The summed E-state index contributed by atoms with van der Waals surface area (Å²) in [6.07, 6.45) is 1.84. The lowest BCUT2D eigenvalue weighted by Crippen LogP contribution is -2.39. The number of benzene rings is 1. The summed E-state index contributed by atoms with van der Waals surface area (Å²) in [6, 6.07) is 4.24. The van der Waals surface area contributed by atoms with Gasteiger partial charge >= 0.3 is 0 Å². The normalized spacial score (nSPS) is 18.2. The minimum absolute atomic E-state index is 0.120. The maximum atomic E-state index is 13.3. The van der Waals surface area contributed by atoms with E-state index in [2.05, 4.69) is 25.1 Å². The average Bonchev–Trinajstić information content (AvgIpc) is 3.20. The van der Waals surface area contributed by atoms with Gasteiger partial charge in [-0.3, -0.25) is 9.89 Å². The number of aromatic amines is 2. The summed E-state index contributed by atoms with van der Waals surface area (Å²) in [5.41, 5.74) is 1.11. The highest BCUT2D eigenvalue weighted by Gasteiger charge is 2.29. The van der Waals surface area contributed by atoms with E-state index in [1.54, 1.807) is 11.0 Å². The van der Waals surface area contributed by atoms with E-state index >= 15 is 0 Å². The first-order valence-electron chi connectivity index (χ1n) is 7.93. The first kappa shape index (κ1) is 14.8. The van der Waals surface area contributed by atoms with E-state index in [0.717, 1.165) is 24.5 Å². The lowest BCUT2D eigenvalue weighted by molar-refractivity contribution is 0.0693. The van der Waals surface area contributed by atoms with Crippen LogP contribution < -0.4 is 0 Å². The fourth-order valence-corrected chi connectivity index (χ4v) is 3.15. The number of hydrogen-bond acceptors (Lipinski definition) is 4. The van der Waals surface area contributed by atoms with Gasteiger partial charge in [0, 0.05) is 19.0 Å². The topological polar surface area (TPSA) is 90.6 Å². The molecule has 2 N–H and O–H groups in total. The number of piperidine rings is 1. The van der Waals surface area contributed by atoms with Crippen LogP contribution in [0.1, 0.15) is 41.0 Å². The first-order valence-corrected chi connectivity index (χ1v) is 7.93. The van der Waals surface area contributed by atoms with Gasteiger partial charge in [0.05, 0.1) is 11.0 Å². The van der Waals surface area contributed by atoms with Crippen LogP contribution in [-0.4, -0.2) is 49.0 Å². The highest BCUT2D eigenvalue weighted by atomic mass is 19.1. The van der Waals surface area contributed by atoms with Crippen molar-refractivity contribution in [1.82, 2.24) is 30.0 Å². The molecule has 1 aromatic carbocycles. The number of fused-ring (bicyclic) bond motifs is 1. The molecule has 24 heavy (non-hydrogen) atoms. The zero-order chi connectivity index (χ0) is 16.7. The van der Waals surface area contributed by atoms with Gasteiger partial charge in [-0.1, -0.05) is 0 Å². The number of nitrogens with zero attached hydrogens (tertiary/aromatic N) is 4. The number of aromatic nitrogens is 5. The van der Waals surface area contributed by atoms with E-state index in [1.807, 2.05) is 6.92 Å². The molecule has 1 aliphatic rings. The number of halogens is 1. The molecule has 0 aliphatic carbocycles. The Kier molecular flexibility index (Phi) is 3.51. The van der Waals surface area contributed by atoms with Crippen molar-refractivity contribution >= 4 is 16.9 Å². The quantitative estimate of drug-likeness (QED) is 0.754. The molecular formula is C16H17FN6O. The van der Waals surface area contributed by atoms with Crippen molar-refractivity contribution in [3.8, 4) is 0 Å². The number of carbonyl (C=O) groups is 1. The second kappa shape index (κ2) is 5.70. The third kappa shape index (κ3) is 2.64. The Morgan fingerprint density at radius 2 is 2.25 bits per heavy atom. The van der Waals surface area contributed by atoms with Crippen LogP contribution in [0, 0.1) is 12.7 Å². The van der Waals surface area contributed by atoms with Crippen molar-refractivity contribution < 1.29 is 9.18 Å². The molecule has 1 amide bonds. The van der Waals surface area contributed by atoms with Gasteiger partial charge in [0.25, 0.3) is 5.91 Å². The van der Waals surface area contributed by atoms with Gasteiger partial charge in [0.1, 0.15) is 11.6 Å². The lowest BCUT2D eigenvalue weighted by atomic mass is 9.97. The zero-order valence-corrected chi connectivity index (χ0v) is 13.2. The molecule has 1 aliphatic heterocycles. The smallest absolute Gasteiger partial charge is 0.289 e. The average molecular weight is 328 g/mol. The van der Waals surface area contributed by atoms with Gasteiger partial charge in [-0.2, -0.15) is 5.10 Å². The van der Waals surface area contributed by atoms with Crippen molar-refractivity contribution in [1.29, 1.82) is 0 Å². The first-order chi connectivity index (χ1) is 11.6. The van der Waals surface area contributed by atoms with Gasteiger partial charge in [0.15, 0.2) is 11.6 Å². The number of nitrogens with one attached hydrogen (secondary N) is 2. The summed E-state index contributed by atoms with van der Waals surface area (Å²) in [5, 5.41) is 7.06. The van der Waals surface area contributed by atoms with Gasteiger partial charge in [-0.05, 0) is 38.0 Å². The maximum Gasteiger partial charge on any atom is 0.289 e. The van der Waals surface area contributed by atoms with Crippen molar-refractivity contribution in [3.05, 3.63) is 41.5 Å². The molecule has 1 fully saturated rings. The Bertz CT molecular complexity index is 901. The number of aryl methyl sites for hydroxylation is 1. The molecule has 0 unspecified atom stereocenters. The van der Waals surface area contributed by atoms with Gasteiger partial charge in [-0.25, -0.2) is 14.4 Å². The minimum Gasteiger partial charge on any atom is -0.335 e. The maximum absolute atomic E-state index is 13.3. The van der Waals surface area contributed by atoms with Crippen LogP contribution in [0.2, 0.25) is 0 Å². The third-order valence-corrected chi connectivity index (χ3v) is 4.33. The Morgan fingerprint density at radius 3 is 3.04 bits per heavy atom. The zero-order valence-electron chi connectivity index (χ0n) is 13.2. The van der Waals surface area contributed by atoms with Crippen molar-refractivity contribution in [2.45, 2.75) is 25.7 Å². The minimum atomic E-state index is -0.358. The highest BCUT2D eigenvalue weighted by molar-refractivity contribution is 5.94. The summed E-state index contributed by atoms with van der Waals surface area (Å²) >= 11 is 0. The SMILES string of the molecule is Cc1nc([C@@H]2CCCN(C(=O)c3nc4ccc(F)cc4[nH]3)C2)n[nH]1. The molecule has 3 aromatic rings. The largest absolute Gasteiger partial charge is 0.335 e. The molecule has 7 nitrogen and oxygen atoms in total. The number of rotatable bonds is 2. The standard InChI is InChI=1S/C16H17FN6O/c1-9-18-14(22-21-9)10-3-2-6-23(8-10)16(24)15-19-12-5-4-11(17)7-13(12)20-15/h4-5,7,10H,2-3,6,8H2,1H3,(H,19,20)(H,18,21,22)/t10-/m1/s1. The Labute approximate surface area is 137 Å². The number of imidazole rings is 1. The Balaban J connectivity index is 1.56. The van der Waals surface area contributed by atoms with Crippen molar-refractivity contribution in [3.63, 3.8) is 0 Å². The molecule has 0 spiro atoms. The Hall–Kier alpha value is -2.77. The molecule has 0 radical (unpaired) electrons. The molecule has 8 heteroatoms. The lowest BCUT2D eigenvalue weighted by Gasteiger charge is -2.30. The fraction of sp³-hybridized carbons (Fsp3) is 0.375. The van der Waals surface area contributed by atoms with E-state index in [0.29, 0.717) is 24.1 Å². The molecule has 4 rings (SSSR count). The second-order valence-electron chi connectivity index (χ2n) is 6.12. The molecule has 0 saturated carbocycles. The van der Waals surface area contributed by atoms with Gasteiger partial charge in [-0.15, -0.1) is 0 Å². The van der Waals surface area contributed by atoms with Crippen molar-refractivity contribution in [2.75, 3.05) is 13.1 Å². The summed E-state index contributed by atoms with van der Waals surface area (Å²) in [6.45, 7) is 3.08. The van der Waals surface area contributed by atoms with Gasteiger partial charge < -0.3 is 9.88 Å². The number of carbonyl (C=O) groups excluding carboxylic acids is 1. The molecule has 3 heterocycles. The van der Waals surface area contributed by atoms with E-state index in [1.165, 1.54) is 12.1 Å². The van der Waals surface area contributed by atoms with Crippen LogP contribution in [0.15, 0.2) is 18.2 Å². The van der Waals surface area contributed by atoms with Crippen molar-refractivity contribution in [2.24, 2.45) is 0 Å². The molecule has 1 saturated heterocycles. The number of H-pyrrole nitrogens is 2. The van der Waals surface area contributed by atoms with Crippen LogP contribution in [0.4, 0.5) is 4.39 Å². The van der Waals surface area contributed by atoms with Crippen LogP contribution in [0.3, 0.4) is 0 Å². The fourth-order valence-electron chi connectivity index (χ4n) is 3.15. The van der Waals surface area contributed by atoms with Crippen LogP contribution >= 0.6 is 0 Å². The van der Waals surface area contributed by atoms with E-state index in [9.17, 15) is 9.18 Å². The Morgan fingerprint density at radius 1 is 1.38 bits per heavy atom. The summed E-state index contributed by atoms with van der Waals surface area (Å²) in [7, 11) is 0. The van der Waals surface area contributed by atoms with Crippen LogP contribution in [-0.2, 0) is 0 Å². The summed E-state index contributed by atoms with van der Waals surface area (Å²) in [5.74, 6) is 1.34. The third-order valence-electron chi connectivity index (χ3n) is 4.33. The molecular weight excluding hydrogens is 311 g/mol. The van der Waals surface area contributed by atoms with Gasteiger partial charge in [0.2, 0.25) is 0 Å².